The molecule has 0 saturated carbocycles. The van der Waals surface area contributed by atoms with Crippen LogP contribution in [0.15, 0.2) is 12.2 Å². The lowest BCUT2D eigenvalue weighted by Crippen LogP contribution is -2.09. The molecular weight excluding hydrogens is 196 g/mol. The van der Waals surface area contributed by atoms with Crippen LogP contribution in [0.1, 0.15) is 20.8 Å². The Morgan fingerprint density at radius 3 is 2.27 bits per heavy atom. The molecule has 0 amide bonds. The fourth-order valence-electron chi connectivity index (χ4n) is 0.660. The molecule has 1 saturated heterocycles. The normalized spacial score (nSPS) is 17.4. The van der Waals surface area contributed by atoms with E-state index in [0.717, 1.165) is 13.2 Å². The Morgan fingerprint density at radius 2 is 2.00 bits per heavy atom. The second kappa shape index (κ2) is 8.44. The lowest BCUT2D eigenvalue weighted by atomic mass is 10.4. The Balaban J connectivity index is 0.000000336. The van der Waals surface area contributed by atoms with Crippen LogP contribution in [0.25, 0.3) is 0 Å². The fraction of sp³-hybridized carbons (Fsp3) is 0.727. The molecule has 88 valence electrons. The number of hydrogen-bond donors (Lipinski definition) is 0. The molecule has 1 aliphatic rings. The highest BCUT2D eigenvalue weighted by molar-refractivity contribution is 5.86. The molecule has 1 rings (SSSR count). The van der Waals surface area contributed by atoms with Gasteiger partial charge in [0.2, 0.25) is 0 Å². The van der Waals surface area contributed by atoms with Gasteiger partial charge in [0.1, 0.15) is 12.7 Å². The molecule has 0 aromatic heterocycles. The molecule has 0 spiro atoms. The number of hydrogen-bond acceptors (Lipinski definition) is 4. The minimum absolute atomic E-state index is 0.142. The first kappa shape index (κ1) is 14.1. The second-order valence-corrected chi connectivity index (χ2v) is 3.12. The third-order valence-electron chi connectivity index (χ3n) is 1.56. The molecule has 0 radical (unpaired) electrons. The summed E-state index contributed by atoms with van der Waals surface area (Å²) in [5.41, 5.74) is 0.431. The quantitative estimate of drug-likeness (QED) is 0.397. The fourth-order valence-corrected chi connectivity index (χ4v) is 0.660. The highest BCUT2D eigenvalue weighted by atomic mass is 16.6. The summed E-state index contributed by atoms with van der Waals surface area (Å²) >= 11 is 0. The summed E-state index contributed by atoms with van der Waals surface area (Å²) in [6.07, 6.45) is 0.142. The molecular formula is C11H20O4. The second-order valence-electron chi connectivity index (χ2n) is 3.12. The highest BCUT2D eigenvalue weighted by Gasteiger charge is 2.24. The minimum atomic E-state index is -0.337. The van der Waals surface area contributed by atoms with E-state index in [0.29, 0.717) is 18.8 Å². The minimum Gasteiger partial charge on any atom is -0.459 e. The van der Waals surface area contributed by atoms with Crippen molar-refractivity contribution in [3.05, 3.63) is 12.2 Å². The Hall–Kier alpha value is -0.870. The lowest BCUT2D eigenvalue weighted by molar-refractivity contribution is -0.139. The van der Waals surface area contributed by atoms with Crippen molar-refractivity contribution in [1.82, 2.24) is 0 Å². The average molecular weight is 216 g/mol. The van der Waals surface area contributed by atoms with Crippen LogP contribution in [-0.2, 0) is 19.0 Å². The van der Waals surface area contributed by atoms with Gasteiger partial charge in [-0.3, -0.25) is 0 Å². The Labute approximate surface area is 91.2 Å². The van der Waals surface area contributed by atoms with Crippen LogP contribution in [0, 0.1) is 0 Å². The van der Waals surface area contributed by atoms with Gasteiger partial charge in [0.05, 0.1) is 6.61 Å². The summed E-state index contributed by atoms with van der Waals surface area (Å²) in [7, 11) is 0. The van der Waals surface area contributed by atoms with E-state index in [4.69, 9.17) is 14.2 Å². The number of carbonyl (C=O) groups is 1. The number of epoxide rings is 1. The third-order valence-corrected chi connectivity index (χ3v) is 1.56. The van der Waals surface area contributed by atoms with Gasteiger partial charge in [-0.2, -0.15) is 0 Å². The van der Waals surface area contributed by atoms with Crippen LogP contribution >= 0.6 is 0 Å². The van der Waals surface area contributed by atoms with E-state index in [9.17, 15) is 4.79 Å². The van der Waals surface area contributed by atoms with Gasteiger partial charge < -0.3 is 14.2 Å². The van der Waals surface area contributed by atoms with Crippen molar-refractivity contribution in [1.29, 1.82) is 0 Å². The summed E-state index contributed by atoms with van der Waals surface area (Å²) in [5, 5.41) is 0. The molecule has 0 aromatic carbocycles. The van der Waals surface area contributed by atoms with Gasteiger partial charge in [-0.15, -0.1) is 0 Å². The molecule has 0 aromatic rings. The van der Waals surface area contributed by atoms with E-state index in [1.807, 2.05) is 13.8 Å². The zero-order chi connectivity index (χ0) is 11.7. The SMILES string of the molecule is C=C(C)C(=O)OCC1CO1.CCOCC. The molecule has 1 fully saturated rings. The zero-order valence-electron chi connectivity index (χ0n) is 9.75. The number of rotatable bonds is 5. The average Bonchev–Trinajstić information content (AvgIpc) is 2.99. The van der Waals surface area contributed by atoms with Crippen molar-refractivity contribution in [3.63, 3.8) is 0 Å². The van der Waals surface area contributed by atoms with Gasteiger partial charge in [-0.25, -0.2) is 4.79 Å². The summed E-state index contributed by atoms with van der Waals surface area (Å²) in [6, 6.07) is 0. The Bertz CT molecular complexity index is 195. The molecule has 1 aliphatic heterocycles. The molecule has 1 unspecified atom stereocenters. The van der Waals surface area contributed by atoms with Crippen LogP contribution in [0.4, 0.5) is 0 Å². The topological polar surface area (TPSA) is 48.1 Å². The Morgan fingerprint density at radius 1 is 1.47 bits per heavy atom. The maximum atomic E-state index is 10.7. The van der Waals surface area contributed by atoms with Crippen molar-refractivity contribution in [2.75, 3.05) is 26.4 Å². The van der Waals surface area contributed by atoms with Gasteiger partial charge in [0, 0.05) is 18.8 Å². The van der Waals surface area contributed by atoms with Crippen LogP contribution in [-0.4, -0.2) is 38.5 Å². The molecule has 0 aliphatic carbocycles. The lowest BCUT2D eigenvalue weighted by Gasteiger charge is -1.99. The smallest absolute Gasteiger partial charge is 0.333 e. The molecule has 4 heteroatoms. The monoisotopic (exact) mass is 216 g/mol. The standard InChI is InChI=1S/C7H10O3.C4H10O/c1-5(2)7(8)10-4-6-3-9-6;1-3-5-4-2/h6H,1,3-4H2,2H3;3-4H2,1-2H3. The summed E-state index contributed by atoms with van der Waals surface area (Å²) in [4.78, 5) is 10.7. The summed E-state index contributed by atoms with van der Waals surface area (Å²) in [6.45, 7) is 11.8. The van der Waals surface area contributed by atoms with Gasteiger partial charge >= 0.3 is 5.97 Å². The Kier molecular flexibility index (Phi) is 7.95. The van der Waals surface area contributed by atoms with Crippen molar-refractivity contribution in [2.24, 2.45) is 0 Å². The van der Waals surface area contributed by atoms with Gasteiger partial charge in [0.25, 0.3) is 0 Å². The summed E-state index contributed by atoms with van der Waals surface area (Å²) < 4.78 is 14.4. The molecule has 15 heavy (non-hydrogen) atoms. The highest BCUT2D eigenvalue weighted by Crippen LogP contribution is 2.09. The predicted octanol–water partition coefficient (Wildman–Crippen LogP) is 1.55. The van der Waals surface area contributed by atoms with Gasteiger partial charge in [-0.1, -0.05) is 6.58 Å². The number of carbonyl (C=O) groups excluding carboxylic acids is 1. The van der Waals surface area contributed by atoms with Crippen molar-refractivity contribution >= 4 is 5.97 Å². The van der Waals surface area contributed by atoms with E-state index >= 15 is 0 Å². The van der Waals surface area contributed by atoms with Gasteiger partial charge in [-0.05, 0) is 20.8 Å². The number of esters is 1. The van der Waals surface area contributed by atoms with Crippen molar-refractivity contribution in [2.45, 2.75) is 26.9 Å². The largest absolute Gasteiger partial charge is 0.459 e. The number of ether oxygens (including phenoxy) is 3. The third kappa shape index (κ3) is 9.43. The first-order valence-corrected chi connectivity index (χ1v) is 5.13. The maximum Gasteiger partial charge on any atom is 0.333 e. The molecule has 1 heterocycles. The molecule has 0 N–H and O–H groups in total. The summed E-state index contributed by atoms with van der Waals surface area (Å²) in [5.74, 6) is -0.337. The van der Waals surface area contributed by atoms with Crippen LogP contribution in [0.5, 0.6) is 0 Å². The maximum absolute atomic E-state index is 10.7. The zero-order valence-corrected chi connectivity index (χ0v) is 9.75. The van der Waals surface area contributed by atoms with E-state index in [1.54, 1.807) is 6.92 Å². The molecule has 0 bridgehead atoms. The van der Waals surface area contributed by atoms with E-state index in [2.05, 4.69) is 6.58 Å². The van der Waals surface area contributed by atoms with E-state index in [-0.39, 0.29) is 12.1 Å². The molecule has 4 nitrogen and oxygen atoms in total. The molecule has 1 atom stereocenters. The van der Waals surface area contributed by atoms with E-state index in [1.165, 1.54) is 0 Å². The predicted molar refractivity (Wildman–Crippen MR) is 57.7 cm³/mol. The van der Waals surface area contributed by atoms with Gasteiger partial charge in [0.15, 0.2) is 0 Å². The first-order chi connectivity index (χ1) is 7.11. The first-order valence-electron chi connectivity index (χ1n) is 5.13. The van der Waals surface area contributed by atoms with E-state index < -0.39 is 0 Å². The van der Waals surface area contributed by atoms with Crippen LogP contribution < -0.4 is 0 Å². The van der Waals surface area contributed by atoms with Crippen LogP contribution in [0.3, 0.4) is 0 Å². The van der Waals surface area contributed by atoms with Crippen molar-refractivity contribution < 1.29 is 19.0 Å². The van der Waals surface area contributed by atoms with Crippen molar-refractivity contribution in [3.8, 4) is 0 Å². The van der Waals surface area contributed by atoms with Crippen LogP contribution in [0.2, 0.25) is 0 Å².